The average Bonchev–Trinajstić information content (AvgIpc) is 2.36. The zero-order valence-corrected chi connectivity index (χ0v) is 10.9. The molecular formula is C9H12INOS. The van der Waals surface area contributed by atoms with Crippen LogP contribution in [0.1, 0.15) is 11.8 Å². The van der Waals surface area contributed by atoms with Gasteiger partial charge in [-0.25, -0.2) is 0 Å². The Balaban J connectivity index is 2.89. The third-order valence-corrected chi connectivity index (χ3v) is 3.70. The van der Waals surface area contributed by atoms with Gasteiger partial charge in [0.1, 0.15) is 0 Å². The molecule has 0 aliphatic rings. The molecule has 0 bridgehead atoms. The molecule has 0 saturated carbocycles. The van der Waals surface area contributed by atoms with Gasteiger partial charge in [-0.3, -0.25) is 4.99 Å². The predicted octanol–water partition coefficient (Wildman–Crippen LogP) is 3.40. The van der Waals surface area contributed by atoms with Crippen molar-refractivity contribution in [1.82, 2.24) is 0 Å². The van der Waals surface area contributed by atoms with Crippen molar-refractivity contribution in [1.29, 1.82) is 0 Å². The lowest BCUT2D eigenvalue weighted by atomic mass is 10.4. The first-order valence-corrected chi connectivity index (χ1v) is 5.87. The number of nitrogens with zero attached hydrogens (tertiary/aromatic N) is 1. The summed E-state index contributed by atoms with van der Waals surface area (Å²) in [5, 5.41) is 2.12. The maximum absolute atomic E-state index is 5.00. The molecule has 0 spiro atoms. The molecule has 0 radical (unpaired) electrons. The van der Waals surface area contributed by atoms with E-state index >= 15 is 0 Å². The number of hydrogen-bond donors (Lipinski definition) is 0. The molecule has 13 heavy (non-hydrogen) atoms. The lowest BCUT2D eigenvalue weighted by Crippen LogP contribution is -2.00. The average molecular weight is 309 g/mol. The number of halogens is 1. The van der Waals surface area contributed by atoms with Crippen LogP contribution < -0.4 is 0 Å². The fourth-order valence-electron chi connectivity index (χ4n) is 0.984. The Hall–Kier alpha value is 0.0600. The number of ether oxygens (including phenoxy) is 1. The highest BCUT2D eigenvalue weighted by molar-refractivity contribution is 14.1. The van der Waals surface area contributed by atoms with E-state index in [9.17, 15) is 0 Å². The molecule has 1 rings (SSSR count). The fraction of sp³-hybridized carbons (Fsp3) is 0.444. The molecule has 0 fully saturated rings. The molecule has 0 amide bonds. The predicted molar refractivity (Wildman–Crippen MR) is 66.4 cm³/mol. The second kappa shape index (κ2) is 5.07. The van der Waals surface area contributed by atoms with Gasteiger partial charge in [0.15, 0.2) is 0 Å². The summed E-state index contributed by atoms with van der Waals surface area (Å²) >= 11 is 4.04. The van der Waals surface area contributed by atoms with Gasteiger partial charge in [0.05, 0.1) is 12.3 Å². The molecule has 4 heteroatoms. The van der Waals surface area contributed by atoms with E-state index in [2.05, 4.69) is 39.9 Å². The van der Waals surface area contributed by atoms with E-state index < -0.39 is 0 Å². The summed E-state index contributed by atoms with van der Waals surface area (Å²) in [6.45, 7) is 4.67. The minimum atomic E-state index is 0.603. The molecule has 0 aliphatic heterocycles. The molecule has 1 heterocycles. The molecule has 0 unspecified atom stereocenters. The standard InChI is InChI=1S/C9H12INOS/c1-6(4-12-3)11-9-7(2)13-5-8(9)10/h5H,4H2,1-3H3. The quantitative estimate of drug-likeness (QED) is 0.619. The van der Waals surface area contributed by atoms with Crippen LogP contribution in [0.2, 0.25) is 0 Å². The van der Waals surface area contributed by atoms with Gasteiger partial charge < -0.3 is 4.74 Å². The molecular weight excluding hydrogens is 297 g/mol. The first kappa shape index (κ1) is 11.1. The molecule has 2 nitrogen and oxygen atoms in total. The van der Waals surface area contributed by atoms with E-state index in [0.29, 0.717) is 6.61 Å². The third kappa shape index (κ3) is 3.03. The molecule has 0 aromatic carbocycles. The Kier molecular flexibility index (Phi) is 4.34. The Labute approximate surface area is 96.2 Å². The zero-order chi connectivity index (χ0) is 9.84. The Morgan fingerprint density at radius 3 is 2.85 bits per heavy atom. The van der Waals surface area contributed by atoms with Crippen molar-refractivity contribution >= 4 is 45.3 Å². The lowest BCUT2D eigenvalue weighted by Gasteiger charge is -1.98. The third-order valence-electron chi connectivity index (χ3n) is 1.55. The zero-order valence-electron chi connectivity index (χ0n) is 7.93. The molecule has 1 aromatic rings. The number of rotatable bonds is 3. The van der Waals surface area contributed by atoms with Crippen molar-refractivity contribution in [2.75, 3.05) is 13.7 Å². The monoisotopic (exact) mass is 309 g/mol. The van der Waals surface area contributed by atoms with Crippen LogP contribution in [-0.2, 0) is 4.74 Å². The summed E-state index contributed by atoms with van der Waals surface area (Å²) in [7, 11) is 1.68. The summed E-state index contributed by atoms with van der Waals surface area (Å²) in [5.41, 5.74) is 2.11. The van der Waals surface area contributed by atoms with E-state index in [1.54, 1.807) is 18.4 Å². The minimum absolute atomic E-state index is 0.603. The van der Waals surface area contributed by atoms with E-state index in [1.807, 2.05) is 6.92 Å². The first-order chi connectivity index (χ1) is 6.15. The van der Waals surface area contributed by atoms with Crippen LogP contribution in [-0.4, -0.2) is 19.4 Å². The van der Waals surface area contributed by atoms with Crippen LogP contribution in [0.5, 0.6) is 0 Å². The molecule has 0 saturated heterocycles. The first-order valence-electron chi connectivity index (χ1n) is 3.92. The number of methoxy groups -OCH3 is 1. The van der Waals surface area contributed by atoms with E-state index in [4.69, 9.17) is 4.74 Å². The van der Waals surface area contributed by atoms with E-state index in [-0.39, 0.29) is 0 Å². The topological polar surface area (TPSA) is 21.6 Å². The van der Waals surface area contributed by atoms with Crippen molar-refractivity contribution in [3.63, 3.8) is 0 Å². The molecule has 0 N–H and O–H groups in total. The minimum Gasteiger partial charge on any atom is -0.379 e. The van der Waals surface area contributed by atoms with Gasteiger partial charge in [-0.1, -0.05) is 0 Å². The lowest BCUT2D eigenvalue weighted by molar-refractivity contribution is 0.245. The van der Waals surface area contributed by atoms with Crippen molar-refractivity contribution < 1.29 is 4.74 Å². The highest BCUT2D eigenvalue weighted by Gasteiger charge is 2.04. The normalized spacial score (nSPS) is 12.2. The largest absolute Gasteiger partial charge is 0.379 e. The summed E-state index contributed by atoms with van der Waals surface area (Å²) in [4.78, 5) is 5.77. The van der Waals surface area contributed by atoms with Crippen LogP contribution in [0.4, 0.5) is 5.69 Å². The van der Waals surface area contributed by atoms with Gasteiger partial charge in [0, 0.05) is 26.6 Å². The highest BCUT2D eigenvalue weighted by atomic mass is 127. The maximum Gasteiger partial charge on any atom is 0.0899 e. The number of aryl methyl sites for hydroxylation is 1. The molecule has 0 atom stereocenters. The summed E-state index contributed by atoms with van der Waals surface area (Å²) in [6, 6.07) is 0. The summed E-state index contributed by atoms with van der Waals surface area (Å²) < 4.78 is 6.22. The van der Waals surface area contributed by atoms with Crippen LogP contribution in [0.3, 0.4) is 0 Å². The van der Waals surface area contributed by atoms with Crippen LogP contribution in [0, 0.1) is 10.5 Å². The SMILES string of the molecule is COCC(C)=Nc1c(I)csc1C. The van der Waals surface area contributed by atoms with E-state index in [0.717, 1.165) is 11.4 Å². The van der Waals surface area contributed by atoms with Gasteiger partial charge >= 0.3 is 0 Å². The Bertz CT molecular complexity index is 300. The Morgan fingerprint density at radius 1 is 1.69 bits per heavy atom. The van der Waals surface area contributed by atoms with Crippen molar-refractivity contribution in [2.45, 2.75) is 13.8 Å². The number of hydrogen-bond acceptors (Lipinski definition) is 3. The number of thiophene rings is 1. The smallest absolute Gasteiger partial charge is 0.0899 e. The number of aliphatic imine (C=N–C) groups is 1. The van der Waals surface area contributed by atoms with Crippen LogP contribution >= 0.6 is 33.9 Å². The van der Waals surface area contributed by atoms with Crippen molar-refractivity contribution in [3.8, 4) is 0 Å². The fourth-order valence-corrected chi connectivity index (χ4v) is 2.73. The van der Waals surface area contributed by atoms with Gasteiger partial charge in [-0.2, -0.15) is 0 Å². The van der Waals surface area contributed by atoms with Crippen LogP contribution in [0.15, 0.2) is 10.4 Å². The van der Waals surface area contributed by atoms with Gasteiger partial charge in [0.2, 0.25) is 0 Å². The Morgan fingerprint density at radius 2 is 2.38 bits per heavy atom. The second-order valence-corrected chi connectivity index (χ2v) is 5.01. The van der Waals surface area contributed by atoms with Gasteiger partial charge in [0.25, 0.3) is 0 Å². The summed E-state index contributed by atoms with van der Waals surface area (Å²) in [5.74, 6) is 0. The van der Waals surface area contributed by atoms with Gasteiger partial charge in [-0.15, -0.1) is 11.3 Å². The molecule has 1 aromatic heterocycles. The van der Waals surface area contributed by atoms with E-state index in [1.165, 1.54) is 8.45 Å². The highest BCUT2D eigenvalue weighted by Crippen LogP contribution is 2.31. The van der Waals surface area contributed by atoms with Crippen molar-refractivity contribution in [2.24, 2.45) is 4.99 Å². The molecule has 72 valence electrons. The van der Waals surface area contributed by atoms with Crippen LogP contribution in [0.25, 0.3) is 0 Å². The molecule has 0 aliphatic carbocycles. The van der Waals surface area contributed by atoms with Crippen molar-refractivity contribution in [3.05, 3.63) is 13.8 Å². The summed E-state index contributed by atoms with van der Waals surface area (Å²) in [6.07, 6.45) is 0. The second-order valence-electron chi connectivity index (χ2n) is 2.77. The maximum atomic E-state index is 5.00. The van der Waals surface area contributed by atoms with Gasteiger partial charge in [-0.05, 0) is 36.4 Å².